The number of allylic oxidation sites excluding steroid dienone is 3. The van der Waals surface area contributed by atoms with Gasteiger partial charge in [0, 0.05) is 12.6 Å². The average molecular weight is 177 g/mol. The van der Waals surface area contributed by atoms with Gasteiger partial charge in [0.15, 0.2) is 0 Å². The molecule has 1 rings (SSSR count). The predicted octanol–water partition coefficient (Wildman–Crippen LogP) is 2.77. The molecule has 1 aliphatic rings. The van der Waals surface area contributed by atoms with Gasteiger partial charge >= 0.3 is 0 Å². The van der Waals surface area contributed by atoms with Crippen molar-refractivity contribution >= 4 is 0 Å². The summed E-state index contributed by atoms with van der Waals surface area (Å²) >= 11 is 0. The van der Waals surface area contributed by atoms with Crippen molar-refractivity contribution < 1.29 is 0 Å². The average Bonchev–Trinajstić information content (AvgIpc) is 2.94. The van der Waals surface area contributed by atoms with Crippen LogP contribution < -0.4 is 0 Å². The fraction of sp³-hybridized carbons (Fsp3) is 0.500. The fourth-order valence-corrected chi connectivity index (χ4v) is 1.34. The van der Waals surface area contributed by atoms with Gasteiger partial charge in [0.05, 0.1) is 0 Å². The van der Waals surface area contributed by atoms with Gasteiger partial charge in [0.2, 0.25) is 0 Å². The lowest BCUT2D eigenvalue weighted by Crippen LogP contribution is -2.22. The summed E-state index contributed by atoms with van der Waals surface area (Å²) in [5.74, 6) is 0. The van der Waals surface area contributed by atoms with Gasteiger partial charge in [-0.3, -0.25) is 4.90 Å². The summed E-state index contributed by atoms with van der Waals surface area (Å²) in [6.45, 7) is 6.87. The maximum atomic E-state index is 3.82. The van der Waals surface area contributed by atoms with Crippen molar-refractivity contribution in [1.29, 1.82) is 0 Å². The highest BCUT2D eigenvalue weighted by molar-refractivity contribution is 5.23. The molecule has 0 bridgehead atoms. The molecule has 0 spiro atoms. The van der Waals surface area contributed by atoms with Crippen molar-refractivity contribution in [3.63, 3.8) is 0 Å². The smallest absolute Gasteiger partial charge is 0.0233 e. The van der Waals surface area contributed by atoms with E-state index in [0.717, 1.165) is 12.6 Å². The lowest BCUT2D eigenvalue weighted by molar-refractivity contribution is 0.355. The van der Waals surface area contributed by atoms with E-state index in [9.17, 15) is 0 Å². The Kier molecular flexibility index (Phi) is 3.97. The highest BCUT2D eigenvalue weighted by Gasteiger charge is 2.25. The van der Waals surface area contributed by atoms with Crippen molar-refractivity contribution in [3.8, 4) is 0 Å². The van der Waals surface area contributed by atoms with Gasteiger partial charge in [-0.1, -0.05) is 30.9 Å². The van der Waals surface area contributed by atoms with E-state index in [4.69, 9.17) is 0 Å². The first-order valence-electron chi connectivity index (χ1n) is 4.92. The molecule has 0 aliphatic heterocycles. The van der Waals surface area contributed by atoms with Gasteiger partial charge in [0.25, 0.3) is 0 Å². The molecular weight excluding hydrogens is 158 g/mol. The van der Waals surface area contributed by atoms with E-state index in [1.54, 1.807) is 0 Å². The van der Waals surface area contributed by atoms with E-state index in [1.807, 2.05) is 19.1 Å². The van der Waals surface area contributed by atoms with Crippen LogP contribution in [-0.2, 0) is 0 Å². The molecular formula is C12H19N. The van der Waals surface area contributed by atoms with Crippen LogP contribution in [0.15, 0.2) is 36.5 Å². The lowest BCUT2D eigenvalue weighted by Gasteiger charge is -2.15. The summed E-state index contributed by atoms with van der Waals surface area (Å²) in [6, 6.07) is 0.828. The second-order valence-corrected chi connectivity index (χ2v) is 3.62. The Hall–Kier alpha value is -0.820. The van der Waals surface area contributed by atoms with Gasteiger partial charge in [0.1, 0.15) is 0 Å². The Morgan fingerprint density at radius 1 is 1.54 bits per heavy atom. The molecule has 0 unspecified atom stereocenters. The quantitative estimate of drug-likeness (QED) is 0.584. The van der Waals surface area contributed by atoms with Gasteiger partial charge in [-0.05, 0) is 32.4 Å². The highest BCUT2D eigenvalue weighted by atomic mass is 15.1. The third kappa shape index (κ3) is 3.60. The molecule has 13 heavy (non-hydrogen) atoms. The monoisotopic (exact) mass is 177 g/mol. The summed E-state index contributed by atoms with van der Waals surface area (Å²) in [7, 11) is 2.19. The lowest BCUT2D eigenvalue weighted by atomic mass is 10.2. The SMILES string of the molecule is C=C/C(=C\C=C/C)CN(C)C1CC1. The normalized spacial score (nSPS) is 18.5. The van der Waals surface area contributed by atoms with E-state index >= 15 is 0 Å². The minimum Gasteiger partial charge on any atom is -0.299 e. The number of nitrogens with zero attached hydrogens (tertiary/aromatic N) is 1. The minimum absolute atomic E-state index is 0.828. The standard InChI is InChI=1S/C12H19N/c1-4-6-7-11(5-2)10-13(3)12-8-9-12/h4-7,12H,2,8-10H2,1,3H3/b6-4-,11-7+. The Morgan fingerprint density at radius 2 is 2.23 bits per heavy atom. The molecule has 0 heterocycles. The van der Waals surface area contributed by atoms with Crippen LogP contribution in [0.2, 0.25) is 0 Å². The molecule has 0 radical (unpaired) electrons. The van der Waals surface area contributed by atoms with Crippen molar-refractivity contribution in [3.05, 3.63) is 36.5 Å². The summed E-state index contributed by atoms with van der Waals surface area (Å²) in [6.07, 6.45) is 10.9. The van der Waals surface area contributed by atoms with Gasteiger partial charge in [-0.25, -0.2) is 0 Å². The Labute approximate surface area is 81.4 Å². The molecule has 0 atom stereocenters. The second kappa shape index (κ2) is 5.03. The van der Waals surface area contributed by atoms with Crippen LogP contribution in [0.3, 0.4) is 0 Å². The molecule has 0 amide bonds. The largest absolute Gasteiger partial charge is 0.299 e. The zero-order chi connectivity index (χ0) is 9.68. The molecule has 0 aromatic carbocycles. The number of likely N-dealkylation sites (N-methyl/N-ethyl adjacent to an activating group) is 1. The zero-order valence-corrected chi connectivity index (χ0v) is 8.66. The number of rotatable bonds is 5. The Morgan fingerprint density at radius 3 is 2.69 bits per heavy atom. The van der Waals surface area contributed by atoms with E-state index in [1.165, 1.54) is 18.4 Å². The summed E-state index contributed by atoms with van der Waals surface area (Å²) in [5, 5.41) is 0. The number of hydrogen-bond donors (Lipinski definition) is 0. The summed E-state index contributed by atoms with van der Waals surface area (Å²) in [4.78, 5) is 2.40. The number of hydrogen-bond acceptors (Lipinski definition) is 1. The minimum atomic E-state index is 0.828. The molecule has 0 aromatic heterocycles. The van der Waals surface area contributed by atoms with Crippen molar-refractivity contribution in [2.75, 3.05) is 13.6 Å². The van der Waals surface area contributed by atoms with Crippen LogP contribution in [-0.4, -0.2) is 24.5 Å². The topological polar surface area (TPSA) is 3.24 Å². The first-order valence-corrected chi connectivity index (χ1v) is 4.92. The van der Waals surface area contributed by atoms with Gasteiger partial charge in [-0.15, -0.1) is 0 Å². The van der Waals surface area contributed by atoms with Crippen molar-refractivity contribution in [2.45, 2.75) is 25.8 Å². The maximum absolute atomic E-state index is 3.82. The van der Waals surface area contributed by atoms with Crippen LogP contribution in [0, 0.1) is 0 Å². The maximum Gasteiger partial charge on any atom is 0.0233 e. The molecule has 1 aliphatic carbocycles. The second-order valence-electron chi connectivity index (χ2n) is 3.62. The molecule has 1 nitrogen and oxygen atoms in total. The van der Waals surface area contributed by atoms with E-state index in [2.05, 4.69) is 30.7 Å². The highest BCUT2D eigenvalue weighted by Crippen LogP contribution is 2.25. The fourth-order valence-electron chi connectivity index (χ4n) is 1.34. The van der Waals surface area contributed by atoms with Crippen LogP contribution >= 0.6 is 0 Å². The molecule has 1 saturated carbocycles. The summed E-state index contributed by atoms with van der Waals surface area (Å²) < 4.78 is 0. The predicted molar refractivity (Wildman–Crippen MR) is 58.7 cm³/mol. The molecule has 1 heteroatoms. The first-order chi connectivity index (χ1) is 6.27. The van der Waals surface area contributed by atoms with Gasteiger partial charge in [-0.2, -0.15) is 0 Å². The molecule has 0 aromatic rings. The third-order valence-electron chi connectivity index (χ3n) is 2.37. The van der Waals surface area contributed by atoms with Gasteiger partial charge < -0.3 is 0 Å². The van der Waals surface area contributed by atoms with Crippen molar-refractivity contribution in [1.82, 2.24) is 4.90 Å². The summed E-state index contributed by atoms with van der Waals surface area (Å²) in [5.41, 5.74) is 1.30. The van der Waals surface area contributed by atoms with Crippen LogP contribution in [0.1, 0.15) is 19.8 Å². The molecule has 1 fully saturated rings. The molecule has 0 saturated heterocycles. The Balaban J connectivity index is 2.42. The van der Waals surface area contributed by atoms with Crippen molar-refractivity contribution in [2.24, 2.45) is 0 Å². The first kappa shape index (κ1) is 10.3. The van der Waals surface area contributed by atoms with E-state index in [-0.39, 0.29) is 0 Å². The molecule has 0 N–H and O–H groups in total. The third-order valence-corrected chi connectivity index (χ3v) is 2.37. The van der Waals surface area contributed by atoms with Crippen LogP contribution in [0.5, 0.6) is 0 Å². The van der Waals surface area contributed by atoms with Crippen LogP contribution in [0.25, 0.3) is 0 Å². The van der Waals surface area contributed by atoms with E-state index in [0.29, 0.717) is 0 Å². The van der Waals surface area contributed by atoms with Crippen LogP contribution in [0.4, 0.5) is 0 Å². The zero-order valence-electron chi connectivity index (χ0n) is 8.66. The molecule has 72 valence electrons. The van der Waals surface area contributed by atoms with E-state index < -0.39 is 0 Å². The Bertz CT molecular complexity index is 221.